The topological polar surface area (TPSA) is 35.5 Å². The van der Waals surface area contributed by atoms with Crippen LogP contribution in [0.2, 0.25) is 0 Å². The highest BCUT2D eigenvalue weighted by atomic mass is 16.7. The zero-order chi connectivity index (χ0) is 17.8. The third-order valence-corrected chi connectivity index (χ3v) is 5.57. The Hall–Kier alpha value is -0.730. The van der Waals surface area contributed by atoms with Gasteiger partial charge in [-0.2, -0.15) is 0 Å². The molecule has 1 saturated carbocycles. The molecular weight excluding hydrogens is 300 g/mol. The molecule has 24 heavy (non-hydrogen) atoms. The molecule has 0 aromatic heterocycles. The average molecular weight is 341 g/mol. The molecule has 0 aromatic carbocycles. The van der Waals surface area contributed by atoms with E-state index in [-0.39, 0.29) is 6.10 Å². The lowest BCUT2D eigenvalue weighted by Crippen LogP contribution is -2.34. The van der Waals surface area contributed by atoms with Crippen molar-refractivity contribution in [3.63, 3.8) is 0 Å². The Labute approximate surface area is 149 Å². The number of hydrogen-bond acceptors (Lipinski definition) is 3. The fourth-order valence-electron chi connectivity index (χ4n) is 3.63. The number of hydrogen-bond donors (Lipinski definition) is 0. The Kier molecular flexibility index (Phi) is 11.2. The molecule has 0 aromatic rings. The maximum atomic E-state index is 11.9. The number of unbranched alkanes of at least 4 members (excludes halogenated alkanes) is 7. The molecule has 0 spiro atoms. The molecule has 1 rings (SSSR count). The van der Waals surface area contributed by atoms with Crippen LogP contribution in [-0.4, -0.2) is 18.9 Å². The molecular formula is C21H40O3. The Balaban J connectivity index is 2.06. The second-order valence-electron chi connectivity index (χ2n) is 8.02. The fraction of sp³-hybridized carbons (Fsp3) is 0.952. The normalized spacial score (nSPS) is 24.1. The van der Waals surface area contributed by atoms with Crippen LogP contribution in [0.4, 0.5) is 4.79 Å². The quantitative estimate of drug-likeness (QED) is 0.308. The molecule has 1 aliphatic rings. The minimum absolute atomic E-state index is 0.0391. The second kappa shape index (κ2) is 12.6. The van der Waals surface area contributed by atoms with E-state index in [1.165, 1.54) is 44.9 Å². The van der Waals surface area contributed by atoms with Crippen LogP contribution in [0.3, 0.4) is 0 Å². The van der Waals surface area contributed by atoms with E-state index in [0.29, 0.717) is 24.4 Å². The Morgan fingerprint density at radius 3 is 2.25 bits per heavy atom. The molecule has 1 aliphatic carbocycles. The first-order valence-corrected chi connectivity index (χ1v) is 10.4. The van der Waals surface area contributed by atoms with Crippen molar-refractivity contribution in [2.75, 3.05) is 6.61 Å². The molecule has 3 heteroatoms. The average Bonchev–Trinajstić information content (AvgIpc) is 2.55. The Morgan fingerprint density at radius 1 is 1.00 bits per heavy atom. The molecule has 3 unspecified atom stereocenters. The van der Waals surface area contributed by atoms with Gasteiger partial charge in [0.05, 0.1) is 6.61 Å². The molecule has 0 amide bonds. The minimum Gasteiger partial charge on any atom is -0.434 e. The van der Waals surface area contributed by atoms with Crippen LogP contribution >= 0.6 is 0 Å². The van der Waals surface area contributed by atoms with Gasteiger partial charge < -0.3 is 9.47 Å². The zero-order valence-electron chi connectivity index (χ0n) is 16.5. The van der Waals surface area contributed by atoms with Crippen LogP contribution < -0.4 is 0 Å². The summed E-state index contributed by atoms with van der Waals surface area (Å²) in [5.74, 6) is 1.79. The van der Waals surface area contributed by atoms with Crippen LogP contribution in [0.25, 0.3) is 0 Å². The van der Waals surface area contributed by atoms with Gasteiger partial charge in [0, 0.05) is 0 Å². The summed E-state index contributed by atoms with van der Waals surface area (Å²) in [5.41, 5.74) is 0. The molecule has 0 aliphatic heterocycles. The van der Waals surface area contributed by atoms with Crippen molar-refractivity contribution in [1.82, 2.24) is 0 Å². The van der Waals surface area contributed by atoms with Crippen LogP contribution in [-0.2, 0) is 9.47 Å². The number of ether oxygens (including phenoxy) is 2. The summed E-state index contributed by atoms with van der Waals surface area (Å²) in [6.07, 6.45) is 13.0. The largest absolute Gasteiger partial charge is 0.508 e. The van der Waals surface area contributed by atoms with Gasteiger partial charge in [0.15, 0.2) is 0 Å². The van der Waals surface area contributed by atoms with Gasteiger partial charge in [0.2, 0.25) is 0 Å². The smallest absolute Gasteiger partial charge is 0.434 e. The number of rotatable bonds is 11. The maximum Gasteiger partial charge on any atom is 0.508 e. The zero-order valence-corrected chi connectivity index (χ0v) is 16.5. The number of carbonyl (C=O) groups is 1. The first-order chi connectivity index (χ1) is 11.5. The lowest BCUT2D eigenvalue weighted by atomic mass is 9.76. The van der Waals surface area contributed by atoms with E-state index in [1.807, 2.05) is 0 Å². The van der Waals surface area contributed by atoms with Gasteiger partial charge in [-0.15, -0.1) is 0 Å². The van der Waals surface area contributed by atoms with E-state index in [4.69, 9.17) is 9.47 Å². The van der Waals surface area contributed by atoms with Crippen molar-refractivity contribution in [2.45, 2.75) is 104 Å². The van der Waals surface area contributed by atoms with E-state index in [1.54, 1.807) is 0 Å². The van der Waals surface area contributed by atoms with Gasteiger partial charge in [0.25, 0.3) is 0 Å². The van der Waals surface area contributed by atoms with E-state index < -0.39 is 6.16 Å². The van der Waals surface area contributed by atoms with Crippen molar-refractivity contribution in [1.29, 1.82) is 0 Å². The van der Waals surface area contributed by atoms with Crippen LogP contribution in [0, 0.1) is 17.8 Å². The molecule has 3 atom stereocenters. The second-order valence-corrected chi connectivity index (χ2v) is 8.02. The molecule has 0 bridgehead atoms. The van der Waals surface area contributed by atoms with Crippen LogP contribution in [0.15, 0.2) is 0 Å². The Morgan fingerprint density at radius 2 is 1.62 bits per heavy atom. The number of carbonyl (C=O) groups excluding carboxylic acids is 1. The van der Waals surface area contributed by atoms with Gasteiger partial charge in [-0.25, -0.2) is 4.79 Å². The molecule has 142 valence electrons. The first-order valence-electron chi connectivity index (χ1n) is 10.4. The highest BCUT2D eigenvalue weighted by Crippen LogP contribution is 2.35. The van der Waals surface area contributed by atoms with Gasteiger partial charge in [-0.05, 0) is 43.4 Å². The summed E-state index contributed by atoms with van der Waals surface area (Å²) in [5, 5.41) is 0. The lowest BCUT2D eigenvalue weighted by molar-refractivity contribution is -0.0239. The minimum atomic E-state index is -0.459. The van der Waals surface area contributed by atoms with Crippen molar-refractivity contribution in [3.05, 3.63) is 0 Å². The van der Waals surface area contributed by atoms with Crippen molar-refractivity contribution in [3.8, 4) is 0 Å². The summed E-state index contributed by atoms with van der Waals surface area (Å²) >= 11 is 0. The summed E-state index contributed by atoms with van der Waals surface area (Å²) in [7, 11) is 0. The van der Waals surface area contributed by atoms with Gasteiger partial charge in [-0.3, -0.25) is 0 Å². The van der Waals surface area contributed by atoms with E-state index in [0.717, 1.165) is 25.7 Å². The van der Waals surface area contributed by atoms with E-state index in [9.17, 15) is 4.79 Å². The molecule has 0 N–H and O–H groups in total. The van der Waals surface area contributed by atoms with Crippen molar-refractivity contribution < 1.29 is 14.3 Å². The van der Waals surface area contributed by atoms with E-state index >= 15 is 0 Å². The summed E-state index contributed by atoms with van der Waals surface area (Å²) in [6.45, 7) is 9.46. The monoisotopic (exact) mass is 340 g/mol. The highest BCUT2D eigenvalue weighted by molar-refractivity contribution is 5.60. The van der Waals surface area contributed by atoms with E-state index in [2.05, 4.69) is 27.7 Å². The first kappa shape index (κ1) is 21.3. The lowest BCUT2D eigenvalue weighted by Gasteiger charge is -2.35. The van der Waals surface area contributed by atoms with Crippen LogP contribution in [0.1, 0.15) is 98.3 Å². The summed E-state index contributed by atoms with van der Waals surface area (Å²) in [6, 6.07) is 0. The van der Waals surface area contributed by atoms with Crippen molar-refractivity contribution >= 4 is 6.16 Å². The summed E-state index contributed by atoms with van der Waals surface area (Å²) < 4.78 is 10.9. The summed E-state index contributed by atoms with van der Waals surface area (Å²) in [4.78, 5) is 11.9. The predicted octanol–water partition coefficient (Wildman–Crippen LogP) is 6.74. The Bertz CT molecular complexity index is 327. The van der Waals surface area contributed by atoms with Crippen molar-refractivity contribution in [2.24, 2.45) is 17.8 Å². The molecule has 0 saturated heterocycles. The third-order valence-electron chi connectivity index (χ3n) is 5.57. The third kappa shape index (κ3) is 8.94. The SMILES string of the molecule is CCCCCCCCCCOC(=O)OC1CC(C(C)C)CCC1C. The predicted molar refractivity (Wildman–Crippen MR) is 100 cm³/mol. The highest BCUT2D eigenvalue weighted by Gasteiger charge is 2.32. The van der Waals surface area contributed by atoms with Gasteiger partial charge in [0.1, 0.15) is 6.10 Å². The van der Waals surface area contributed by atoms with Crippen LogP contribution in [0.5, 0.6) is 0 Å². The van der Waals surface area contributed by atoms with Gasteiger partial charge >= 0.3 is 6.16 Å². The molecule has 0 heterocycles. The molecule has 1 fully saturated rings. The van der Waals surface area contributed by atoms with Gasteiger partial charge in [-0.1, -0.05) is 72.6 Å². The molecule has 3 nitrogen and oxygen atoms in total. The maximum absolute atomic E-state index is 11.9. The standard InChI is InChI=1S/C21H40O3/c1-5-6-7-8-9-10-11-12-15-23-21(22)24-20-16-19(17(2)3)14-13-18(20)4/h17-20H,5-16H2,1-4H3. The fourth-order valence-corrected chi connectivity index (χ4v) is 3.63. The molecule has 0 radical (unpaired) electrons.